The van der Waals surface area contributed by atoms with E-state index in [0.717, 1.165) is 5.39 Å². The topological polar surface area (TPSA) is 89.3 Å². The van der Waals surface area contributed by atoms with Gasteiger partial charge in [-0.25, -0.2) is 4.79 Å². The summed E-state index contributed by atoms with van der Waals surface area (Å²) < 4.78 is 0. The Labute approximate surface area is 86.1 Å². The van der Waals surface area contributed by atoms with E-state index in [2.05, 4.69) is 0 Å². The lowest BCUT2D eigenvalue weighted by atomic mass is 10.0. The fourth-order valence-electron chi connectivity index (χ4n) is 1.61. The zero-order valence-corrected chi connectivity index (χ0v) is 7.90. The minimum atomic E-state index is -0.994. The number of fused-ring (bicyclic) bond motifs is 1. The van der Waals surface area contributed by atoms with Crippen LogP contribution in [0.1, 0.15) is 10.4 Å². The number of benzene rings is 2. The summed E-state index contributed by atoms with van der Waals surface area (Å²) in [6.45, 7) is 0. The molecule has 0 unspecified atom stereocenters. The van der Waals surface area contributed by atoms with Crippen molar-refractivity contribution in [2.45, 2.75) is 0 Å². The molecule has 2 aromatic rings. The molecule has 2 aromatic carbocycles. The van der Waals surface area contributed by atoms with E-state index in [1.807, 2.05) is 0 Å². The monoisotopic (exact) mass is 202 g/mol. The van der Waals surface area contributed by atoms with E-state index in [4.69, 9.17) is 16.6 Å². The number of anilines is 2. The normalized spacial score (nSPS) is 10.4. The highest BCUT2D eigenvalue weighted by atomic mass is 16.4. The van der Waals surface area contributed by atoms with Crippen LogP contribution in [0.5, 0.6) is 0 Å². The van der Waals surface area contributed by atoms with Crippen LogP contribution in [-0.2, 0) is 0 Å². The van der Waals surface area contributed by atoms with E-state index in [9.17, 15) is 4.79 Å². The minimum Gasteiger partial charge on any atom is -0.478 e. The SMILES string of the molecule is Nc1cccc2cc(C(=O)O)cc(N)c12. The molecule has 0 bridgehead atoms. The molecule has 15 heavy (non-hydrogen) atoms. The molecule has 0 fully saturated rings. The lowest BCUT2D eigenvalue weighted by Crippen LogP contribution is -2.00. The molecule has 0 aliphatic carbocycles. The third-order valence-electron chi connectivity index (χ3n) is 2.29. The van der Waals surface area contributed by atoms with Gasteiger partial charge in [-0.2, -0.15) is 0 Å². The summed E-state index contributed by atoms with van der Waals surface area (Å²) in [5.41, 5.74) is 12.6. The second-order valence-electron chi connectivity index (χ2n) is 3.32. The van der Waals surface area contributed by atoms with Crippen LogP contribution in [0.4, 0.5) is 11.4 Å². The van der Waals surface area contributed by atoms with Gasteiger partial charge in [-0.15, -0.1) is 0 Å². The van der Waals surface area contributed by atoms with Gasteiger partial charge in [-0.3, -0.25) is 0 Å². The highest BCUT2D eigenvalue weighted by molar-refractivity contribution is 6.05. The van der Waals surface area contributed by atoms with Gasteiger partial charge >= 0.3 is 5.97 Å². The predicted octanol–water partition coefficient (Wildman–Crippen LogP) is 1.70. The summed E-state index contributed by atoms with van der Waals surface area (Å²) in [6.07, 6.45) is 0. The Bertz CT molecular complexity index is 550. The molecular weight excluding hydrogens is 192 g/mol. The molecule has 0 radical (unpaired) electrons. The Morgan fingerprint density at radius 3 is 2.53 bits per heavy atom. The quantitative estimate of drug-likeness (QED) is 0.614. The first-order chi connectivity index (χ1) is 7.09. The van der Waals surface area contributed by atoms with Crippen LogP contribution in [0.15, 0.2) is 30.3 Å². The van der Waals surface area contributed by atoms with E-state index in [-0.39, 0.29) is 5.56 Å². The summed E-state index contributed by atoms with van der Waals surface area (Å²) in [5.74, 6) is -0.994. The Kier molecular flexibility index (Phi) is 1.97. The zero-order valence-electron chi connectivity index (χ0n) is 7.90. The molecule has 4 heteroatoms. The number of carboxylic acids is 1. The minimum absolute atomic E-state index is 0.172. The van der Waals surface area contributed by atoms with E-state index in [1.54, 1.807) is 24.3 Å². The summed E-state index contributed by atoms with van der Waals surface area (Å²) in [6, 6.07) is 8.27. The van der Waals surface area contributed by atoms with Crippen molar-refractivity contribution in [3.63, 3.8) is 0 Å². The van der Waals surface area contributed by atoms with Gasteiger partial charge in [0.1, 0.15) is 0 Å². The van der Waals surface area contributed by atoms with Gasteiger partial charge < -0.3 is 16.6 Å². The van der Waals surface area contributed by atoms with E-state index in [1.165, 1.54) is 6.07 Å². The van der Waals surface area contributed by atoms with Gasteiger partial charge in [0, 0.05) is 16.8 Å². The molecule has 0 spiro atoms. The second kappa shape index (κ2) is 3.16. The van der Waals surface area contributed by atoms with Crippen LogP contribution in [0, 0.1) is 0 Å². The van der Waals surface area contributed by atoms with Crippen molar-refractivity contribution in [3.8, 4) is 0 Å². The molecule has 2 rings (SSSR count). The van der Waals surface area contributed by atoms with Crippen LogP contribution < -0.4 is 11.5 Å². The highest BCUT2D eigenvalue weighted by Crippen LogP contribution is 2.28. The van der Waals surface area contributed by atoms with Crippen LogP contribution >= 0.6 is 0 Å². The Morgan fingerprint density at radius 1 is 1.13 bits per heavy atom. The maximum absolute atomic E-state index is 10.8. The Morgan fingerprint density at radius 2 is 1.87 bits per heavy atom. The summed E-state index contributed by atoms with van der Waals surface area (Å²) in [5, 5.41) is 10.3. The number of nitrogens with two attached hydrogens (primary N) is 2. The van der Waals surface area contributed by atoms with Gasteiger partial charge in [-0.1, -0.05) is 12.1 Å². The fourth-order valence-corrected chi connectivity index (χ4v) is 1.61. The number of carboxylic acid groups (broad SMARTS) is 1. The smallest absolute Gasteiger partial charge is 0.335 e. The molecule has 76 valence electrons. The second-order valence-corrected chi connectivity index (χ2v) is 3.32. The molecule has 0 aromatic heterocycles. The molecule has 0 amide bonds. The number of rotatable bonds is 1. The lowest BCUT2D eigenvalue weighted by molar-refractivity contribution is 0.0697. The first-order valence-corrected chi connectivity index (χ1v) is 4.40. The van der Waals surface area contributed by atoms with Crippen LogP contribution in [-0.4, -0.2) is 11.1 Å². The molecule has 0 saturated heterocycles. The van der Waals surface area contributed by atoms with Crippen molar-refractivity contribution < 1.29 is 9.90 Å². The van der Waals surface area contributed by atoms with E-state index < -0.39 is 5.97 Å². The van der Waals surface area contributed by atoms with Gasteiger partial charge in [0.15, 0.2) is 0 Å². The fraction of sp³-hybridized carbons (Fsp3) is 0. The Hall–Kier alpha value is -2.23. The van der Waals surface area contributed by atoms with Crippen molar-refractivity contribution in [2.24, 2.45) is 0 Å². The first kappa shape index (κ1) is 9.33. The zero-order chi connectivity index (χ0) is 11.0. The van der Waals surface area contributed by atoms with Crippen molar-refractivity contribution >= 4 is 28.1 Å². The number of nitrogen functional groups attached to an aromatic ring is 2. The first-order valence-electron chi connectivity index (χ1n) is 4.40. The highest BCUT2D eigenvalue weighted by Gasteiger charge is 2.08. The number of hydrogen-bond acceptors (Lipinski definition) is 3. The number of carbonyl (C=O) groups is 1. The largest absolute Gasteiger partial charge is 0.478 e. The van der Waals surface area contributed by atoms with Gasteiger partial charge in [0.05, 0.1) is 5.56 Å². The molecular formula is C11H10N2O2. The predicted molar refractivity (Wildman–Crippen MR) is 59.7 cm³/mol. The summed E-state index contributed by atoms with van der Waals surface area (Å²) in [4.78, 5) is 10.8. The van der Waals surface area contributed by atoms with E-state index in [0.29, 0.717) is 16.8 Å². The standard InChI is InChI=1S/C11H10N2O2/c12-8-3-1-2-6-4-7(11(14)15)5-9(13)10(6)8/h1-5H,12-13H2,(H,14,15). The van der Waals surface area contributed by atoms with Crippen molar-refractivity contribution in [3.05, 3.63) is 35.9 Å². The number of aromatic carboxylic acids is 1. The van der Waals surface area contributed by atoms with Crippen molar-refractivity contribution in [1.29, 1.82) is 0 Å². The van der Waals surface area contributed by atoms with Gasteiger partial charge in [-0.05, 0) is 23.6 Å². The molecule has 0 aliphatic rings. The van der Waals surface area contributed by atoms with Gasteiger partial charge in [0.25, 0.3) is 0 Å². The Balaban J connectivity index is 2.84. The van der Waals surface area contributed by atoms with Crippen molar-refractivity contribution in [1.82, 2.24) is 0 Å². The average molecular weight is 202 g/mol. The maximum atomic E-state index is 10.8. The lowest BCUT2D eigenvalue weighted by Gasteiger charge is -2.06. The summed E-state index contributed by atoms with van der Waals surface area (Å²) in [7, 11) is 0. The van der Waals surface area contributed by atoms with Gasteiger partial charge in [0.2, 0.25) is 0 Å². The van der Waals surface area contributed by atoms with Crippen molar-refractivity contribution in [2.75, 3.05) is 11.5 Å². The molecule has 0 aliphatic heterocycles. The van der Waals surface area contributed by atoms with Crippen LogP contribution in [0.2, 0.25) is 0 Å². The third-order valence-corrected chi connectivity index (χ3v) is 2.29. The van der Waals surface area contributed by atoms with E-state index >= 15 is 0 Å². The average Bonchev–Trinajstić information content (AvgIpc) is 2.17. The van der Waals surface area contributed by atoms with Crippen LogP contribution in [0.25, 0.3) is 10.8 Å². The third kappa shape index (κ3) is 1.46. The molecule has 5 N–H and O–H groups in total. The maximum Gasteiger partial charge on any atom is 0.335 e. The number of hydrogen-bond donors (Lipinski definition) is 3. The van der Waals surface area contributed by atoms with Crippen LogP contribution in [0.3, 0.4) is 0 Å². The molecule has 0 heterocycles. The molecule has 4 nitrogen and oxygen atoms in total. The summed E-state index contributed by atoms with van der Waals surface area (Å²) >= 11 is 0. The molecule has 0 atom stereocenters. The molecule has 0 saturated carbocycles.